The molecule has 6 heteroatoms. The average molecular weight is 448 g/mol. The van der Waals surface area contributed by atoms with Crippen LogP contribution in [-0.4, -0.2) is 64.3 Å². The lowest BCUT2D eigenvalue weighted by atomic mass is 10.0. The summed E-state index contributed by atoms with van der Waals surface area (Å²) in [5, 5.41) is 5.08. The van der Waals surface area contributed by atoms with E-state index in [0.29, 0.717) is 17.9 Å². The van der Waals surface area contributed by atoms with E-state index >= 15 is 0 Å². The zero-order valence-corrected chi connectivity index (χ0v) is 19.5. The number of benzene rings is 3. The minimum absolute atomic E-state index is 0.0805. The highest BCUT2D eigenvalue weighted by Gasteiger charge is 2.19. The largest absolute Gasteiger partial charge is 0.495 e. The van der Waals surface area contributed by atoms with Gasteiger partial charge in [-0.25, -0.2) is 0 Å². The molecular formula is C27H33N3O3. The molecule has 6 nitrogen and oxygen atoms in total. The van der Waals surface area contributed by atoms with Crippen LogP contribution in [-0.2, 0) is 0 Å². The second-order valence-electron chi connectivity index (χ2n) is 8.33. The molecule has 1 aliphatic heterocycles. The van der Waals surface area contributed by atoms with Crippen LogP contribution in [0.15, 0.2) is 60.7 Å². The molecule has 0 atom stereocenters. The lowest BCUT2D eigenvalue weighted by Crippen LogP contribution is -2.46. The van der Waals surface area contributed by atoms with Crippen molar-refractivity contribution in [3.63, 3.8) is 0 Å². The zero-order chi connectivity index (χ0) is 23.0. The maximum atomic E-state index is 12.7. The van der Waals surface area contributed by atoms with Crippen molar-refractivity contribution in [3.8, 4) is 11.5 Å². The molecule has 1 fully saturated rings. The van der Waals surface area contributed by atoms with Gasteiger partial charge in [-0.3, -0.25) is 9.69 Å². The standard InChI is InChI=1S/C27H33N3O3/c1-32-25-12-6-5-11-24(25)30-19-17-29(18-20-30)16-8-7-15-28-27(31)23-14-13-21-9-3-4-10-22(21)26(23)33-2/h3-6,9-14H,7-8,15-20H2,1-2H3,(H,28,31). The molecule has 4 rings (SSSR count). The number of para-hydroxylation sites is 2. The van der Waals surface area contributed by atoms with Crippen LogP contribution >= 0.6 is 0 Å². The highest BCUT2D eigenvalue weighted by Crippen LogP contribution is 2.30. The highest BCUT2D eigenvalue weighted by molar-refractivity contribution is 6.03. The van der Waals surface area contributed by atoms with Gasteiger partial charge in [-0.2, -0.15) is 0 Å². The average Bonchev–Trinajstić information content (AvgIpc) is 2.88. The van der Waals surface area contributed by atoms with Crippen molar-refractivity contribution in [1.82, 2.24) is 10.2 Å². The molecule has 1 N–H and O–H groups in total. The number of hydrogen-bond acceptors (Lipinski definition) is 5. The Bertz CT molecular complexity index is 1080. The third kappa shape index (κ3) is 5.40. The summed E-state index contributed by atoms with van der Waals surface area (Å²) in [7, 11) is 3.34. The number of methoxy groups -OCH3 is 2. The zero-order valence-electron chi connectivity index (χ0n) is 19.5. The molecule has 174 valence electrons. The van der Waals surface area contributed by atoms with Crippen molar-refractivity contribution in [2.75, 3.05) is 58.4 Å². The van der Waals surface area contributed by atoms with Crippen LogP contribution in [0.5, 0.6) is 11.5 Å². The first kappa shape index (κ1) is 22.9. The topological polar surface area (TPSA) is 54.0 Å². The van der Waals surface area contributed by atoms with Crippen LogP contribution in [0.4, 0.5) is 5.69 Å². The first-order chi connectivity index (χ1) is 16.2. The number of carbonyl (C=O) groups is 1. The Labute approximate surface area is 196 Å². The molecule has 33 heavy (non-hydrogen) atoms. The van der Waals surface area contributed by atoms with E-state index in [1.165, 1.54) is 5.69 Å². The molecule has 1 heterocycles. The Balaban J connectivity index is 1.20. The van der Waals surface area contributed by atoms with Crippen molar-refractivity contribution >= 4 is 22.4 Å². The van der Waals surface area contributed by atoms with Crippen molar-refractivity contribution in [1.29, 1.82) is 0 Å². The van der Waals surface area contributed by atoms with Gasteiger partial charge in [0.2, 0.25) is 0 Å². The van der Waals surface area contributed by atoms with E-state index in [1.54, 1.807) is 14.2 Å². The molecule has 0 aliphatic carbocycles. The second-order valence-corrected chi connectivity index (χ2v) is 8.33. The molecule has 0 spiro atoms. The van der Waals surface area contributed by atoms with Gasteiger partial charge in [0.1, 0.15) is 11.5 Å². The van der Waals surface area contributed by atoms with Crippen molar-refractivity contribution in [2.45, 2.75) is 12.8 Å². The van der Waals surface area contributed by atoms with E-state index in [9.17, 15) is 4.79 Å². The summed E-state index contributed by atoms with van der Waals surface area (Å²) in [6.45, 7) is 5.79. The lowest BCUT2D eigenvalue weighted by Gasteiger charge is -2.36. The lowest BCUT2D eigenvalue weighted by molar-refractivity contribution is 0.0949. The number of nitrogens with zero attached hydrogens (tertiary/aromatic N) is 2. The molecule has 0 bridgehead atoms. The predicted molar refractivity (Wildman–Crippen MR) is 134 cm³/mol. The minimum atomic E-state index is -0.0805. The van der Waals surface area contributed by atoms with E-state index in [2.05, 4.69) is 27.2 Å². The molecular weight excluding hydrogens is 414 g/mol. The van der Waals surface area contributed by atoms with Crippen molar-refractivity contribution in [3.05, 3.63) is 66.2 Å². The van der Waals surface area contributed by atoms with Crippen molar-refractivity contribution < 1.29 is 14.3 Å². The molecule has 1 saturated heterocycles. The Morgan fingerprint density at radius 3 is 2.42 bits per heavy atom. The number of anilines is 1. The summed E-state index contributed by atoms with van der Waals surface area (Å²) in [4.78, 5) is 17.6. The fraction of sp³-hybridized carbons (Fsp3) is 0.370. The molecule has 1 amide bonds. The molecule has 0 saturated carbocycles. The first-order valence-corrected chi connectivity index (χ1v) is 11.7. The summed E-state index contributed by atoms with van der Waals surface area (Å²) >= 11 is 0. The van der Waals surface area contributed by atoms with Gasteiger partial charge >= 0.3 is 0 Å². The summed E-state index contributed by atoms with van der Waals surface area (Å²) in [5.74, 6) is 1.49. The fourth-order valence-corrected chi connectivity index (χ4v) is 4.50. The van der Waals surface area contributed by atoms with Crippen LogP contribution in [0.1, 0.15) is 23.2 Å². The Morgan fingerprint density at radius 1 is 0.879 bits per heavy atom. The van der Waals surface area contributed by atoms with E-state index in [1.807, 2.05) is 48.5 Å². The number of rotatable bonds is 9. The summed E-state index contributed by atoms with van der Waals surface area (Å²) in [5.41, 5.74) is 1.76. The maximum absolute atomic E-state index is 12.7. The number of amides is 1. The Kier molecular flexibility index (Phi) is 7.68. The minimum Gasteiger partial charge on any atom is -0.495 e. The molecule has 0 unspecified atom stereocenters. The molecule has 0 radical (unpaired) electrons. The van der Waals surface area contributed by atoms with Gasteiger partial charge in [0.15, 0.2) is 0 Å². The van der Waals surface area contributed by atoms with Gasteiger partial charge in [-0.1, -0.05) is 42.5 Å². The van der Waals surface area contributed by atoms with E-state index < -0.39 is 0 Å². The second kappa shape index (κ2) is 11.1. The number of unbranched alkanes of at least 4 members (excludes halogenated alkanes) is 1. The first-order valence-electron chi connectivity index (χ1n) is 11.7. The Hall–Kier alpha value is -3.25. The number of piperazine rings is 1. The number of hydrogen-bond donors (Lipinski definition) is 1. The van der Waals surface area contributed by atoms with E-state index in [-0.39, 0.29) is 5.91 Å². The number of nitrogens with one attached hydrogen (secondary N) is 1. The van der Waals surface area contributed by atoms with E-state index in [0.717, 1.165) is 62.1 Å². The van der Waals surface area contributed by atoms with Gasteiger partial charge in [0, 0.05) is 38.1 Å². The van der Waals surface area contributed by atoms with Crippen LogP contribution in [0, 0.1) is 0 Å². The number of ether oxygens (including phenoxy) is 2. The van der Waals surface area contributed by atoms with E-state index in [4.69, 9.17) is 9.47 Å². The third-order valence-corrected chi connectivity index (χ3v) is 6.31. The Morgan fingerprint density at radius 2 is 1.64 bits per heavy atom. The number of fused-ring (bicyclic) bond motifs is 1. The third-order valence-electron chi connectivity index (χ3n) is 6.31. The maximum Gasteiger partial charge on any atom is 0.255 e. The molecule has 3 aromatic rings. The quantitative estimate of drug-likeness (QED) is 0.499. The van der Waals surface area contributed by atoms with Gasteiger partial charge in [-0.05, 0) is 43.0 Å². The molecule has 3 aromatic carbocycles. The van der Waals surface area contributed by atoms with Gasteiger partial charge in [0.05, 0.1) is 25.5 Å². The summed E-state index contributed by atoms with van der Waals surface area (Å²) in [6.07, 6.45) is 2.01. The monoisotopic (exact) mass is 447 g/mol. The van der Waals surface area contributed by atoms with Crippen LogP contribution < -0.4 is 19.7 Å². The molecule has 0 aromatic heterocycles. The highest BCUT2D eigenvalue weighted by atomic mass is 16.5. The van der Waals surface area contributed by atoms with Crippen molar-refractivity contribution in [2.24, 2.45) is 0 Å². The van der Waals surface area contributed by atoms with Crippen LogP contribution in [0.25, 0.3) is 10.8 Å². The van der Waals surface area contributed by atoms with Crippen LogP contribution in [0.2, 0.25) is 0 Å². The predicted octanol–water partition coefficient (Wildman–Crippen LogP) is 4.19. The smallest absolute Gasteiger partial charge is 0.255 e. The van der Waals surface area contributed by atoms with Gasteiger partial charge in [0.25, 0.3) is 5.91 Å². The summed E-state index contributed by atoms with van der Waals surface area (Å²) in [6, 6.07) is 20.0. The normalized spacial score (nSPS) is 14.3. The SMILES string of the molecule is COc1ccccc1N1CCN(CCCCNC(=O)c2ccc3ccccc3c2OC)CC1. The van der Waals surface area contributed by atoms with Gasteiger partial charge in [-0.15, -0.1) is 0 Å². The molecule has 1 aliphatic rings. The fourth-order valence-electron chi connectivity index (χ4n) is 4.50. The van der Waals surface area contributed by atoms with Gasteiger partial charge < -0.3 is 19.7 Å². The van der Waals surface area contributed by atoms with Crippen LogP contribution in [0.3, 0.4) is 0 Å². The summed E-state index contributed by atoms with van der Waals surface area (Å²) < 4.78 is 11.1. The number of carbonyl (C=O) groups excluding carboxylic acids is 1.